The number of anilines is 1. The minimum Gasteiger partial charge on any atom is -0.495 e. The average Bonchev–Trinajstić information content (AvgIpc) is 3.15. The molecule has 3 aromatic rings. The molecule has 1 amide bonds. The largest absolute Gasteiger partial charge is 0.495 e. The fourth-order valence-corrected chi connectivity index (χ4v) is 4.25. The first-order valence-corrected chi connectivity index (χ1v) is 10.7. The van der Waals surface area contributed by atoms with E-state index in [0.717, 1.165) is 49.3 Å². The summed E-state index contributed by atoms with van der Waals surface area (Å²) in [6.45, 7) is 4.51. The van der Waals surface area contributed by atoms with E-state index in [1.54, 1.807) is 26.4 Å². The lowest BCUT2D eigenvalue weighted by Crippen LogP contribution is -2.38. The van der Waals surface area contributed by atoms with Gasteiger partial charge in [-0.2, -0.15) is 0 Å². The summed E-state index contributed by atoms with van der Waals surface area (Å²) in [5.41, 5.74) is 3.82. The summed E-state index contributed by atoms with van der Waals surface area (Å²) in [6, 6.07) is 9.57. The van der Waals surface area contributed by atoms with Crippen LogP contribution in [0.25, 0.3) is 11.0 Å². The molecule has 0 atom stereocenters. The van der Waals surface area contributed by atoms with E-state index >= 15 is 0 Å². The highest BCUT2D eigenvalue weighted by Gasteiger charge is 2.26. The van der Waals surface area contributed by atoms with E-state index in [1.165, 1.54) is 5.56 Å². The van der Waals surface area contributed by atoms with E-state index in [-0.39, 0.29) is 11.8 Å². The quantitative estimate of drug-likeness (QED) is 0.591. The fourth-order valence-electron chi connectivity index (χ4n) is 4.01. The van der Waals surface area contributed by atoms with Gasteiger partial charge in [0.2, 0.25) is 5.91 Å². The molecule has 7 nitrogen and oxygen atoms in total. The maximum Gasteiger partial charge on any atom is 0.227 e. The number of H-pyrrole nitrogens is 1. The second kappa shape index (κ2) is 9.16. The van der Waals surface area contributed by atoms with Crippen molar-refractivity contribution in [1.29, 1.82) is 0 Å². The normalized spacial score (nSPS) is 15.2. The Morgan fingerprint density at radius 2 is 1.94 bits per heavy atom. The van der Waals surface area contributed by atoms with Crippen molar-refractivity contribution in [2.24, 2.45) is 5.92 Å². The number of amides is 1. The molecular weight excluding hydrogens is 416 g/mol. The third-order valence-electron chi connectivity index (χ3n) is 5.75. The van der Waals surface area contributed by atoms with E-state index < -0.39 is 0 Å². The number of nitrogens with zero attached hydrogens (tertiary/aromatic N) is 2. The number of rotatable bonds is 6. The number of carbonyl (C=O) groups is 1. The van der Waals surface area contributed by atoms with E-state index in [9.17, 15) is 4.79 Å². The fraction of sp³-hybridized carbons (Fsp3) is 0.391. The molecule has 164 valence electrons. The van der Waals surface area contributed by atoms with Crippen molar-refractivity contribution in [2.75, 3.05) is 32.6 Å². The van der Waals surface area contributed by atoms with Gasteiger partial charge >= 0.3 is 0 Å². The number of benzene rings is 2. The van der Waals surface area contributed by atoms with Crippen LogP contribution in [0.2, 0.25) is 5.02 Å². The lowest BCUT2D eigenvalue weighted by Gasteiger charge is -2.30. The van der Waals surface area contributed by atoms with Crippen LogP contribution in [0.3, 0.4) is 0 Å². The summed E-state index contributed by atoms with van der Waals surface area (Å²) >= 11 is 6.21. The van der Waals surface area contributed by atoms with Crippen LogP contribution < -0.4 is 14.8 Å². The lowest BCUT2D eigenvalue weighted by atomic mass is 9.95. The highest BCUT2D eigenvalue weighted by molar-refractivity contribution is 6.32. The van der Waals surface area contributed by atoms with Gasteiger partial charge in [-0.1, -0.05) is 17.7 Å². The molecule has 1 fully saturated rings. The standard InChI is InChI=1S/C23H27ClN4O3/c1-14-4-5-17-18(10-14)26-22(25-17)13-28-8-6-15(7-9-28)23(29)27-19-11-16(24)20(30-2)12-21(19)31-3/h4-5,10-12,15H,6-9,13H2,1-3H3,(H,25,26)(H,27,29). The molecule has 4 rings (SSSR count). The molecule has 31 heavy (non-hydrogen) atoms. The third kappa shape index (κ3) is 4.78. The Balaban J connectivity index is 1.35. The summed E-state index contributed by atoms with van der Waals surface area (Å²) in [7, 11) is 3.09. The number of ether oxygens (including phenoxy) is 2. The molecule has 1 aromatic heterocycles. The van der Waals surface area contributed by atoms with Crippen molar-refractivity contribution in [2.45, 2.75) is 26.3 Å². The predicted octanol–water partition coefficient (Wildman–Crippen LogP) is 4.39. The topological polar surface area (TPSA) is 79.5 Å². The number of carbonyl (C=O) groups excluding carboxylic acids is 1. The average molecular weight is 443 g/mol. The van der Waals surface area contributed by atoms with Crippen LogP contribution in [0.5, 0.6) is 11.5 Å². The number of piperidine rings is 1. The van der Waals surface area contributed by atoms with Gasteiger partial charge in [0.15, 0.2) is 0 Å². The smallest absolute Gasteiger partial charge is 0.227 e. The zero-order valence-corrected chi connectivity index (χ0v) is 18.8. The summed E-state index contributed by atoms with van der Waals surface area (Å²) in [6.07, 6.45) is 1.58. The lowest BCUT2D eigenvalue weighted by molar-refractivity contribution is -0.121. The van der Waals surface area contributed by atoms with Gasteiger partial charge in [0.05, 0.1) is 42.5 Å². The van der Waals surface area contributed by atoms with Crippen LogP contribution in [-0.2, 0) is 11.3 Å². The van der Waals surface area contributed by atoms with Gasteiger partial charge in [-0.15, -0.1) is 0 Å². The van der Waals surface area contributed by atoms with Crippen molar-refractivity contribution in [3.8, 4) is 11.5 Å². The number of nitrogens with one attached hydrogen (secondary N) is 2. The number of aryl methyl sites for hydroxylation is 1. The Morgan fingerprint density at radius 1 is 1.19 bits per heavy atom. The number of likely N-dealkylation sites (tertiary alicyclic amines) is 1. The first-order chi connectivity index (χ1) is 15.0. The molecule has 1 aliphatic heterocycles. The van der Waals surface area contributed by atoms with E-state index in [1.807, 2.05) is 6.07 Å². The maximum atomic E-state index is 12.8. The second-order valence-electron chi connectivity index (χ2n) is 7.93. The molecule has 0 aliphatic carbocycles. The number of imidazole rings is 1. The molecule has 2 N–H and O–H groups in total. The molecule has 2 aromatic carbocycles. The summed E-state index contributed by atoms with van der Waals surface area (Å²) in [5, 5.41) is 3.40. The SMILES string of the molecule is COc1cc(OC)c(NC(=O)C2CCN(Cc3nc4ccc(C)cc4[nH]3)CC2)cc1Cl. The first-order valence-electron chi connectivity index (χ1n) is 10.4. The number of hydrogen-bond acceptors (Lipinski definition) is 5. The van der Waals surface area contributed by atoms with Crippen molar-refractivity contribution in [3.05, 3.63) is 46.7 Å². The van der Waals surface area contributed by atoms with Gasteiger partial charge in [-0.25, -0.2) is 4.98 Å². The van der Waals surface area contributed by atoms with Gasteiger partial charge in [0.1, 0.15) is 17.3 Å². The van der Waals surface area contributed by atoms with Crippen molar-refractivity contribution in [3.63, 3.8) is 0 Å². The molecule has 0 bridgehead atoms. The number of methoxy groups -OCH3 is 2. The summed E-state index contributed by atoms with van der Waals surface area (Å²) in [4.78, 5) is 23.3. The molecule has 2 heterocycles. The molecule has 0 unspecified atom stereocenters. The highest BCUT2D eigenvalue weighted by Crippen LogP contribution is 2.36. The predicted molar refractivity (Wildman–Crippen MR) is 122 cm³/mol. The molecule has 0 radical (unpaired) electrons. The van der Waals surface area contributed by atoms with E-state index in [0.29, 0.717) is 22.2 Å². The number of halogens is 1. The Morgan fingerprint density at radius 3 is 2.65 bits per heavy atom. The second-order valence-corrected chi connectivity index (χ2v) is 8.34. The Labute approximate surface area is 186 Å². The zero-order chi connectivity index (χ0) is 22.0. The van der Waals surface area contributed by atoms with Gasteiger partial charge in [-0.3, -0.25) is 9.69 Å². The minimum absolute atomic E-state index is 0.0154. The van der Waals surface area contributed by atoms with Crippen molar-refractivity contribution in [1.82, 2.24) is 14.9 Å². The third-order valence-corrected chi connectivity index (χ3v) is 6.05. The molecular formula is C23H27ClN4O3. The molecule has 0 saturated carbocycles. The van der Waals surface area contributed by atoms with Crippen LogP contribution in [-0.4, -0.2) is 48.1 Å². The van der Waals surface area contributed by atoms with Gasteiger partial charge in [0.25, 0.3) is 0 Å². The van der Waals surface area contributed by atoms with Crippen molar-refractivity contribution >= 4 is 34.2 Å². The number of hydrogen-bond donors (Lipinski definition) is 2. The summed E-state index contributed by atoms with van der Waals surface area (Å²) in [5.74, 6) is 1.91. The number of aromatic nitrogens is 2. The monoisotopic (exact) mass is 442 g/mol. The van der Waals surface area contributed by atoms with Crippen LogP contribution in [0.4, 0.5) is 5.69 Å². The Kier molecular flexibility index (Phi) is 6.34. The molecule has 0 spiro atoms. The Hall–Kier alpha value is -2.77. The van der Waals surface area contributed by atoms with Crippen LogP contribution in [0.1, 0.15) is 24.2 Å². The molecule has 1 saturated heterocycles. The van der Waals surface area contributed by atoms with E-state index in [2.05, 4.69) is 39.2 Å². The minimum atomic E-state index is -0.0554. The first kappa shape index (κ1) is 21.5. The number of aromatic amines is 1. The van der Waals surface area contributed by atoms with Gasteiger partial charge in [0, 0.05) is 12.0 Å². The van der Waals surface area contributed by atoms with Crippen molar-refractivity contribution < 1.29 is 14.3 Å². The van der Waals surface area contributed by atoms with Crippen LogP contribution in [0, 0.1) is 12.8 Å². The summed E-state index contributed by atoms with van der Waals surface area (Å²) < 4.78 is 10.6. The van der Waals surface area contributed by atoms with Crippen LogP contribution >= 0.6 is 11.6 Å². The van der Waals surface area contributed by atoms with Crippen LogP contribution in [0.15, 0.2) is 30.3 Å². The maximum absolute atomic E-state index is 12.8. The van der Waals surface area contributed by atoms with Gasteiger partial charge < -0.3 is 19.8 Å². The van der Waals surface area contributed by atoms with E-state index in [4.69, 9.17) is 21.1 Å². The molecule has 1 aliphatic rings. The van der Waals surface area contributed by atoms with Gasteiger partial charge in [-0.05, 0) is 56.6 Å². The Bertz CT molecular complexity index is 1090. The highest BCUT2D eigenvalue weighted by atomic mass is 35.5. The molecule has 8 heteroatoms. The zero-order valence-electron chi connectivity index (χ0n) is 18.0. The number of fused-ring (bicyclic) bond motifs is 1.